The number of pyridine rings is 1. The van der Waals surface area contributed by atoms with Crippen molar-refractivity contribution in [1.29, 1.82) is 0 Å². The molecule has 3 aromatic rings. The second-order valence-electron chi connectivity index (χ2n) is 4.61. The van der Waals surface area contributed by atoms with Gasteiger partial charge in [-0.15, -0.1) is 0 Å². The van der Waals surface area contributed by atoms with E-state index in [1.165, 1.54) is 0 Å². The fourth-order valence-electron chi connectivity index (χ4n) is 2.28. The Morgan fingerprint density at radius 3 is 2.53 bits per heavy atom. The van der Waals surface area contributed by atoms with Gasteiger partial charge in [-0.05, 0) is 6.07 Å². The molecule has 0 unspecified atom stereocenters. The molecule has 0 aliphatic rings. The van der Waals surface area contributed by atoms with Crippen LogP contribution >= 0.6 is 0 Å². The van der Waals surface area contributed by atoms with Crippen LogP contribution in [0.1, 0.15) is 0 Å². The zero-order valence-corrected chi connectivity index (χ0v) is 11.3. The summed E-state index contributed by atoms with van der Waals surface area (Å²) in [6.07, 6.45) is 7.44. The number of imidazole rings is 2. The molecule has 5 heteroatoms. The van der Waals surface area contributed by atoms with Gasteiger partial charge in [0.05, 0.1) is 12.5 Å². The van der Waals surface area contributed by atoms with Crippen molar-refractivity contribution >= 4 is 0 Å². The molecule has 19 heavy (non-hydrogen) atoms. The smallest absolute Gasteiger partial charge is 0.248 e. The van der Waals surface area contributed by atoms with Gasteiger partial charge < -0.3 is 9.13 Å². The molecule has 0 N–H and O–H groups in total. The normalized spacial score (nSPS) is 10.9. The number of aromatic nitrogens is 5. The van der Waals surface area contributed by atoms with E-state index in [2.05, 4.69) is 26.7 Å². The number of rotatable bonds is 2. The summed E-state index contributed by atoms with van der Waals surface area (Å²) >= 11 is 0. The highest BCUT2D eigenvalue weighted by atomic mass is 15.1. The Hall–Kier alpha value is -2.43. The zero-order chi connectivity index (χ0) is 13.4. The first kappa shape index (κ1) is 11.6. The van der Waals surface area contributed by atoms with Crippen molar-refractivity contribution in [2.24, 2.45) is 21.1 Å². The van der Waals surface area contributed by atoms with Gasteiger partial charge in [-0.25, -0.2) is 9.97 Å². The van der Waals surface area contributed by atoms with Crippen LogP contribution < -0.4 is 4.57 Å². The van der Waals surface area contributed by atoms with E-state index in [1.807, 2.05) is 61.3 Å². The molecule has 0 radical (unpaired) electrons. The van der Waals surface area contributed by atoms with E-state index in [1.54, 1.807) is 0 Å². The molecule has 0 fully saturated rings. The Balaban J connectivity index is 2.21. The fourth-order valence-corrected chi connectivity index (χ4v) is 2.28. The van der Waals surface area contributed by atoms with Gasteiger partial charge in [0.25, 0.3) is 0 Å². The van der Waals surface area contributed by atoms with Crippen molar-refractivity contribution in [3.63, 3.8) is 0 Å². The van der Waals surface area contributed by atoms with E-state index >= 15 is 0 Å². The van der Waals surface area contributed by atoms with Gasteiger partial charge in [0.1, 0.15) is 12.7 Å². The molecule has 0 bridgehead atoms. The van der Waals surface area contributed by atoms with Crippen LogP contribution in [0, 0.1) is 0 Å². The quantitative estimate of drug-likeness (QED) is 0.647. The van der Waals surface area contributed by atoms with E-state index in [0.717, 1.165) is 22.9 Å². The molecule has 3 heterocycles. The van der Waals surface area contributed by atoms with E-state index < -0.39 is 0 Å². The topological polar surface area (TPSA) is 39.5 Å². The molecule has 96 valence electrons. The summed E-state index contributed by atoms with van der Waals surface area (Å²) in [5.74, 6) is 0.950. The van der Waals surface area contributed by atoms with Crippen molar-refractivity contribution in [1.82, 2.24) is 19.1 Å². The lowest BCUT2D eigenvalue weighted by atomic mass is 10.2. The second kappa shape index (κ2) is 4.35. The first-order valence-corrected chi connectivity index (χ1v) is 6.12. The molecule has 0 saturated heterocycles. The number of hydrogen-bond donors (Lipinski definition) is 0. The van der Waals surface area contributed by atoms with E-state index in [9.17, 15) is 0 Å². The van der Waals surface area contributed by atoms with E-state index in [4.69, 9.17) is 0 Å². The molecule has 0 aromatic carbocycles. The maximum atomic E-state index is 4.41. The first-order valence-electron chi connectivity index (χ1n) is 6.12. The van der Waals surface area contributed by atoms with Crippen LogP contribution in [-0.4, -0.2) is 19.1 Å². The van der Waals surface area contributed by atoms with Gasteiger partial charge in [0, 0.05) is 38.6 Å². The zero-order valence-electron chi connectivity index (χ0n) is 11.3. The van der Waals surface area contributed by atoms with Crippen molar-refractivity contribution in [3.8, 4) is 22.9 Å². The van der Waals surface area contributed by atoms with Crippen LogP contribution in [0.4, 0.5) is 0 Å². The minimum absolute atomic E-state index is 0.950. The molecule has 0 aliphatic heterocycles. The largest absolute Gasteiger partial charge is 0.329 e. The summed E-state index contributed by atoms with van der Waals surface area (Å²) in [6, 6.07) is 6.21. The Morgan fingerprint density at radius 1 is 1.11 bits per heavy atom. The Morgan fingerprint density at radius 2 is 1.89 bits per heavy atom. The van der Waals surface area contributed by atoms with Crippen molar-refractivity contribution in [3.05, 3.63) is 43.1 Å². The molecule has 0 saturated carbocycles. The summed E-state index contributed by atoms with van der Waals surface area (Å²) in [5.41, 5.74) is 3.27. The minimum Gasteiger partial charge on any atom is -0.329 e. The van der Waals surface area contributed by atoms with E-state index in [0.29, 0.717) is 0 Å². The predicted octanol–water partition coefficient (Wildman–Crippen LogP) is 1.31. The lowest BCUT2D eigenvalue weighted by Crippen LogP contribution is -2.35. The second-order valence-corrected chi connectivity index (χ2v) is 4.61. The van der Waals surface area contributed by atoms with E-state index in [-0.39, 0.29) is 0 Å². The van der Waals surface area contributed by atoms with Crippen molar-refractivity contribution in [2.45, 2.75) is 0 Å². The van der Waals surface area contributed by atoms with Gasteiger partial charge in [0.2, 0.25) is 17.2 Å². The molecule has 3 aromatic heterocycles. The summed E-state index contributed by atoms with van der Waals surface area (Å²) in [7, 11) is 6.04. The first-order chi connectivity index (χ1) is 9.18. The Kier molecular flexibility index (Phi) is 2.67. The lowest BCUT2D eigenvalue weighted by Gasteiger charge is -2.05. The molecule has 0 aliphatic carbocycles. The summed E-state index contributed by atoms with van der Waals surface area (Å²) < 4.78 is 6.17. The van der Waals surface area contributed by atoms with Gasteiger partial charge in [-0.2, -0.15) is 4.57 Å². The molecule has 0 spiro atoms. The number of hydrogen-bond acceptors (Lipinski definition) is 2. The Bertz CT molecular complexity index is 665. The summed E-state index contributed by atoms with van der Waals surface area (Å²) in [5, 5.41) is 0. The van der Waals surface area contributed by atoms with Crippen molar-refractivity contribution < 1.29 is 4.57 Å². The monoisotopic (exact) mass is 254 g/mol. The van der Waals surface area contributed by atoms with Crippen LogP contribution in [0.15, 0.2) is 43.1 Å². The average Bonchev–Trinajstić information content (AvgIpc) is 2.99. The SMILES string of the molecule is Cn1cncc1-c1cccc(-c2nccn2C)[n+]1C. The molecule has 3 rings (SSSR count). The third kappa shape index (κ3) is 1.83. The summed E-state index contributed by atoms with van der Waals surface area (Å²) in [6.45, 7) is 0. The number of aryl methyl sites for hydroxylation is 2. The highest BCUT2D eigenvalue weighted by Gasteiger charge is 2.20. The van der Waals surface area contributed by atoms with Gasteiger partial charge >= 0.3 is 0 Å². The maximum absolute atomic E-state index is 4.41. The molecular weight excluding hydrogens is 238 g/mol. The minimum atomic E-state index is 0.950. The van der Waals surface area contributed by atoms with Crippen molar-refractivity contribution in [2.75, 3.05) is 0 Å². The molecule has 5 nitrogen and oxygen atoms in total. The summed E-state index contributed by atoms with van der Waals surface area (Å²) in [4.78, 5) is 8.59. The van der Waals surface area contributed by atoms with Crippen LogP contribution in [-0.2, 0) is 21.1 Å². The third-order valence-electron chi connectivity index (χ3n) is 3.36. The molecular formula is C14H16N5+. The average molecular weight is 254 g/mol. The van der Waals surface area contributed by atoms with Crippen LogP contribution in [0.5, 0.6) is 0 Å². The van der Waals surface area contributed by atoms with Crippen LogP contribution in [0.25, 0.3) is 22.9 Å². The lowest BCUT2D eigenvalue weighted by molar-refractivity contribution is -0.649. The maximum Gasteiger partial charge on any atom is 0.248 e. The highest BCUT2D eigenvalue weighted by molar-refractivity contribution is 5.54. The Labute approximate surface area is 111 Å². The van der Waals surface area contributed by atoms with Gasteiger partial charge in [0.15, 0.2) is 0 Å². The highest BCUT2D eigenvalue weighted by Crippen LogP contribution is 2.18. The van der Waals surface area contributed by atoms with Crippen LogP contribution in [0.2, 0.25) is 0 Å². The van der Waals surface area contributed by atoms with Gasteiger partial charge in [-0.3, -0.25) is 0 Å². The standard InChI is InChI=1S/C14H16N5/c1-17-8-7-16-14(17)12-6-4-5-11(19(12)3)13-9-15-10-18(13)2/h4-10H,1-3H3/q+1. The third-order valence-corrected chi connectivity index (χ3v) is 3.36. The molecule has 0 atom stereocenters. The predicted molar refractivity (Wildman–Crippen MR) is 72.0 cm³/mol. The number of nitrogens with zero attached hydrogens (tertiary/aromatic N) is 5. The fraction of sp³-hybridized carbons (Fsp3) is 0.214. The molecule has 0 amide bonds. The van der Waals surface area contributed by atoms with Crippen LogP contribution in [0.3, 0.4) is 0 Å². The van der Waals surface area contributed by atoms with Gasteiger partial charge in [-0.1, -0.05) is 0 Å².